The van der Waals surface area contributed by atoms with Crippen molar-refractivity contribution in [1.29, 1.82) is 0 Å². The molecular formula is C12H15BrN2O4S. The molecule has 0 radical (unpaired) electrons. The molecule has 1 aliphatic heterocycles. The van der Waals surface area contributed by atoms with E-state index in [0.717, 1.165) is 19.3 Å². The molecule has 0 amide bonds. The maximum atomic E-state index is 12.2. The number of hydrogen-bond donors (Lipinski definition) is 2. The Morgan fingerprint density at radius 3 is 2.45 bits per heavy atom. The molecule has 8 heteroatoms. The molecule has 1 aromatic carbocycles. The molecule has 1 aliphatic rings. The van der Waals surface area contributed by atoms with Gasteiger partial charge in [-0.2, -0.15) is 12.7 Å². The Morgan fingerprint density at radius 2 is 1.85 bits per heavy atom. The van der Waals surface area contributed by atoms with Crippen LogP contribution in [0.15, 0.2) is 22.7 Å². The minimum atomic E-state index is -3.63. The van der Waals surface area contributed by atoms with Gasteiger partial charge in [-0.3, -0.25) is 4.72 Å². The smallest absolute Gasteiger partial charge is 0.335 e. The molecule has 0 bridgehead atoms. The van der Waals surface area contributed by atoms with Crippen molar-refractivity contribution in [2.24, 2.45) is 0 Å². The van der Waals surface area contributed by atoms with Crippen molar-refractivity contribution in [2.75, 3.05) is 17.8 Å². The summed E-state index contributed by atoms with van der Waals surface area (Å²) >= 11 is 3.17. The van der Waals surface area contributed by atoms with E-state index < -0.39 is 16.2 Å². The van der Waals surface area contributed by atoms with Gasteiger partial charge in [-0.15, -0.1) is 0 Å². The van der Waals surface area contributed by atoms with Crippen LogP contribution in [0.5, 0.6) is 0 Å². The normalized spacial score (nSPS) is 16.9. The first-order valence-electron chi connectivity index (χ1n) is 6.20. The molecule has 0 saturated carbocycles. The molecule has 1 fully saturated rings. The molecule has 1 aromatic rings. The number of halogens is 1. The minimum absolute atomic E-state index is 0.0238. The van der Waals surface area contributed by atoms with Crippen LogP contribution in [-0.4, -0.2) is 36.9 Å². The Balaban J connectivity index is 2.22. The van der Waals surface area contributed by atoms with Crippen LogP contribution in [0.1, 0.15) is 29.6 Å². The number of carboxylic acids is 1. The zero-order valence-electron chi connectivity index (χ0n) is 10.7. The van der Waals surface area contributed by atoms with Crippen molar-refractivity contribution < 1.29 is 18.3 Å². The summed E-state index contributed by atoms with van der Waals surface area (Å²) < 4.78 is 28.7. The molecule has 0 spiro atoms. The fourth-order valence-electron chi connectivity index (χ4n) is 2.09. The van der Waals surface area contributed by atoms with Crippen LogP contribution in [0, 0.1) is 0 Å². The van der Waals surface area contributed by atoms with E-state index in [9.17, 15) is 13.2 Å². The van der Waals surface area contributed by atoms with Crippen molar-refractivity contribution >= 4 is 37.8 Å². The Morgan fingerprint density at radius 1 is 1.20 bits per heavy atom. The second-order valence-corrected chi connectivity index (χ2v) is 7.19. The van der Waals surface area contributed by atoms with E-state index in [1.165, 1.54) is 22.5 Å². The highest BCUT2D eigenvalue weighted by molar-refractivity contribution is 9.10. The second-order valence-electron chi connectivity index (χ2n) is 4.60. The maximum absolute atomic E-state index is 12.2. The summed E-state index contributed by atoms with van der Waals surface area (Å²) in [5.41, 5.74) is 0.262. The molecule has 6 nitrogen and oxygen atoms in total. The molecule has 0 unspecified atom stereocenters. The van der Waals surface area contributed by atoms with Crippen molar-refractivity contribution in [3.05, 3.63) is 28.2 Å². The van der Waals surface area contributed by atoms with Crippen molar-refractivity contribution in [1.82, 2.24) is 4.31 Å². The molecule has 1 saturated heterocycles. The predicted molar refractivity (Wildman–Crippen MR) is 79.1 cm³/mol. The third-order valence-corrected chi connectivity index (χ3v) is 5.04. The molecule has 2 N–H and O–H groups in total. The number of piperidine rings is 1. The van der Waals surface area contributed by atoms with Gasteiger partial charge in [0.25, 0.3) is 0 Å². The summed E-state index contributed by atoms with van der Waals surface area (Å²) in [6.07, 6.45) is 2.73. The Hall–Kier alpha value is -1.12. The molecule has 110 valence electrons. The lowest BCUT2D eigenvalue weighted by Crippen LogP contribution is -2.39. The average molecular weight is 363 g/mol. The van der Waals surface area contributed by atoms with E-state index in [1.807, 2.05) is 0 Å². The van der Waals surface area contributed by atoms with Gasteiger partial charge in [0, 0.05) is 17.6 Å². The van der Waals surface area contributed by atoms with Gasteiger partial charge in [-0.1, -0.05) is 22.4 Å². The van der Waals surface area contributed by atoms with E-state index >= 15 is 0 Å². The van der Waals surface area contributed by atoms with E-state index in [1.54, 1.807) is 0 Å². The van der Waals surface area contributed by atoms with Crippen LogP contribution >= 0.6 is 15.9 Å². The number of carbonyl (C=O) groups is 1. The summed E-state index contributed by atoms with van der Waals surface area (Å²) in [6.45, 7) is 0.990. The molecule has 1 heterocycles. The summed E-state index contributed by atoms with van der Waals surface area (Å²) in [7, 11) is -3.63. The number of carboxylic acid groups (broad SMARTS) is 1. The van der Waals surface area contributed by atoms with Gasteiger partial charge in [-0.05, 0) is 31.0 Å². The molecule has 2 rings (SSSR count). The van der Waals surface area contributed by atoms with Crippen LogP contribution in [0.2, 0.25) is 0 Å². The highest BCUT2D eigenvalue weighted by Gasteiger charge is 2.24. The van der Waals surface area contributed by atoms with Gasteiger partial charge in [0.2, 0.25) is 0 Å². The molecule has 0 aliphatic carbocycles. The van der Waals surface area contributed by atoms with Crippen LogP contribution in [0.4, 0.5) is 5.69 Å². The lowest BCUT2D eigenvalue weighted by Gasteiger charge is -2.26. The molecular weight excluding hydrogens is 348 g/mol. The summed E-state index contributed by atoms with van der Waals surface area (Å²) in [6, 6.07) is 4.25. The SMILES string of the molecule is O=C(O)c1cc(Br)cc(NS(=O)(=O)N2CCCCC2)c1. The number of hydrogen-bond acceptors (Lipinski definition) is 3. The summed E-state index contributed by atoms with van der Waals surface area (Å²) in [5.74, 6) is -1.11. The maximum Gasteiger partial charge on any atom is 0.335 e. The van der Waals surface area contributed by atoms with E-state index in [2.05, 4.69) is 20.7 Å². The third kappa shape index (κ3) is 3.71. The van der Waals surface area contributed by atoms with Gasteiger partial charge >= 0.3 is 16.2 Å². The monoisotopic (exact) mass is 362 g/mol. The Labute approximate surface area is 126 Å². The molecule has 0 atom stereocenters. The van der Waals surface area contributed by atoms with Gasteiger partial charge < -0.3 is 5.11 Å². The first kappa shape index (κ1) is 15.3. The number of benzene rings is 1. The van der Waals surface area contributed by atoms with E-state index in [0.29, 0.717) is 17.6 Å². The number of rotatable bonds is 4. The highest BCUT2D eigenvalue weighted by atomic mass is 79.9. The van der Waals surface area contributed by atoms with Gasteiger partial charge in [0.15, 0.2) is 0 Å². The number of anilines is 1. The van der Waals surface area contributed by atoms with Crippen LogP contribution in [0.3, 0.4) is 0 Å². The van der Waals surface area contributed by atoms with Crippen LogP contribution < -0.4 is 4.72 Å². The lowest BCUT2D eigenvalue weighted by atomic mass is 10.2. The fraction of sp³-hybridized carbons (Fsp3) is 0.417. The Bertz CT molecular complexity index is 612. The standard InChI is InChI=1S/C12H15BrN2O4S/c13-10-6-9(12(16)17)7-11(8-10)14-20(18,19)15-4-2-1-3-5-15/h6-8,14H,1-5H2,(H,16,17). The number of aromatic carboxylic acids is 1. The number of nitrogens with one attached hydrogen (secondary N) is 1. The van der Waals surface area contributed by atoms with Crippen molar-refractivity contribution in [3.63, 3.8) is 0 Å². The van der Waals surface area contributed by atoms with Crippen LogP contribution in [0.25, 0.3) is 0 Å². The zero-order chi connectivity index (χ0) is 14.8. The second kappa shape index (κ2) is 6.11. The lowest BCUT2D eigenvalue weighted by molar-refractivity contribution is 0.0697. The van der Waals surface area contributed by atoms with Crippen molar-refractivity contribution in [3.8, 4) is 0 Å². The third-order valence-electron chi connectivity index (χ3n) is 3.05. The first-order chi connectivity index (χ1) is 9.38. The van der Waals surface area contributed by atoms with Crippen LogP contribution in [-0.2, 0) is 10.2 Å². The van der Waals surface area contributed by atoms with Gasteiger partial charge in [0.1, 0.15) is 0 Å². The summed E-state index contributed by atoms with van der Waals surface area (Å²) in [4.78, 5) is 11.0. The van der Waals surface area contributed by atoms with E-state index in [-0.39, 0.29) is 11.3 Å². The summed E-state index contributed by atoms with van der Waals surface area (Å²) in [5, 5.41) is 8.97. The van der Waals surface area contributed by atoms with Gasteiger partial charge in [0.05, 0.1) is 11.3 Å². The fourth-order valence-corrected chi connectivity index (χ4v) is 3.87. The molecule has 20 heavy (non-hydrogen) atoms. The van der Waals surface area contributed by atoms with Gasteiger partial charge in [-0.25, -0.2) is 4.79 Å². The quantitative estimate of drug-likeness (QED) is 0.859. The largest absolute Gasteiger partial charge is 0.478 e. The highest BCUT2D eigenvalue weighted by Crippen LogP contribution is 2.22. The zero-order valence-corrected chi connectivity index (χ0v) is 13.1. The average Bonchev–Trinajstić information content (AvgIpc) is 2.38. The first-order valence-corrected chi connectivity index (χ1v) is 8.43. The predicted octanol–water partition coefficient (Wildman–Crippen LogP) is 2.29. The molecule has 0 aromatic heterocycles. The number of nitrogens with zero attached hydrogens (tertiary/aromatic N) is 1. The topological polar surface area (TPSA) is 86.7 Å². The minimum Gasteiger partial charge on any atom is -0.478 e. The van der Waals surface area contributed by atoms with E-state index in [4.69, 9.17) is 5.11 Å². The van der Waals surface area contributed by atoms with Crippen molar-refractivity contribution in [2.45, 2.75) is 19.3 Å². The Kier molecular flexibility index (Phi) is 4.66.